The number of benzene rings is 2. The highest BCUT2D eigenvalue weighted by molar-refractivity contribution is 7.18. The number of carbonyl (C=O) groups is 1. The predicted molar refractivity (Wildman–Crippen MR) is 102 cm³/mol. The molecule has 1 aliphatic heterocycles. The maximum Gasteiger partial charge on any atom is 0.319 e. The number of thiazole rings is 1. The van der Waals surface area contributed by atoms with E-state index < -0.39 is 0 Å². The average Bonchev–Trinajstić information content (AvgIpc) is 3.10. The van der Waals surface area contributed by atoms with Gasteiger partial charge in [0.1, 0.15) is 13.2 Å². The molecule has 2 N–H and O–H groups in total. The highest BCUT2D eigenvalue weighted by atomic mass is 32.1. The first-order chi connectivity index (χ1) is 12.7. The maximum atomic E-state index is 12.2. The molecule has 2 heterocycles. The summed E-state index contributed by atoms with van der Waals surface area (Å²) in [4.78, 5) is 16.8. The monoisotopic (exact) mass is 369 g/mol. The molecule has 0 unspecified atom stereocenters. The Morgan fingerprint density at radius 1 is 1.19 bits per heavy atom. The van der Waals surface area contributed by atoms with Crippen molar-refractivity contribution < 1.29 is 14.3 Å². The van der Waals surface area contributed by atoms with Crippen LogP contribution in [0.2, 0.25) is 0 Å². The second kappa shape index (κ2) is 7.21. The molecule has 0 aliphatic carbocycles. The Hall–Kier alpha value is -2.80. The maximum absolute atomic E-state index is 12.2. The predicted octanol–water partition coefficient (Wildman–Crippen LogP) is 3.99. The van der Waals surface area contributed by atoms with Gasteiger partial charge in [-0.05, 0) is 24.3 Å². The summed E-state index contributed by atoms with van der Waals surface area (Å²) >= 11 is 1.66. The summed E-state index contributed by atoms with van der Waals surface area (Å²) in [5, 5.41) is 6.74. The van der Waals surface area contributed by atoms with Gasteiger partial charge in [-0.3, -0.25) is 0 Å². The number of nitrogens with zero attached hydrogens (tertiary/aromatic N) is 1. The van der Waals surface area contributed by atoms with Crippen molar-refractivity contribution in [3.63, 3.8) is 0 Å². The fourth-order valence-electron chi connectivity index (χ4n) is 2.73. The van der Waals surface area contributed by atoms with Crippen molar-refractivity contribution >= 4 is 33.3 Å². The molecule has 0 saturated heterocycles. The van der Waals surface area contributed by atoms with Crippen LogP contribution in [0.1, 0.15) is 17.8 Å². The molecule has 134 valence electrons. The van der Waals surface area contributed by atoms with E-state index in [2.05, 4.69) is 28.6 Å². The quantitative estimate of drug-likeness (QED) is 0.729. The largest absolute Gasteiger partial charge is 0.486 e. The molecule has 1 aliphatic rings. The van der Waals surface area contributed by atoms with Crippen LogP contribution in [-0.4, -0.2) is 30.8 Å². The molecular formula is C19H19N3O3S. The number of amides is 2. The normalized spacial score (nSPS) is 14.0. The van der Waals surface area contributed by atoms with Crippen LogP contribution in [-0.2, 0) is 0 Å². The van der Waals surface area contributed by atoms with Crippen LogP contribution in [0.4, 0.5) is 10.5 Å². The van der Waals surface area contributed by atoms with Crippen LogP contribution in [0.25, 0.3) is 10.2 Å². The Morgan fingerprint density at radius 3 is 2.85 bits per heavy atom. The number of ether oxygens (including phenoxy) is 2. The minimum absolute atomic E-state index is 0.137. The van der Waals surface area contributed by atoms with Gasteiger partial charge in [0.2, 0.25) is 0 Å². The lowest BCUT2D eigenvalue weighted by molar-refractivity contribution is 0.171. The lowest BCUT2D eigenvalue weighted by Gasteiger charge is -2.19. The minimum Gasteiger partial charge on any atom is -0.486 e. The summed E-state index contributed by atoms with van der Waals surface area (Å²) in [5.74, 6) is 1.49. The van der Waals surface area contributed by atoms with Crippen LogP contribution in [0.5, 0.6) is 11.5 Å². The number of carbonyl (C=O) groups excluding carboxylic acids is 1. The van der Waals surface area contributed by atoms with E-state index in [1.54, 1.807) is 29.5 Å². The second-order valence-electron chi connectivity index (χ2n) is 6.11. The first-order valence-corrected chi connectivity index (χ1v) is 9.30. The first-order valence-electron chi connectivity index (χ1n) is 8.49. The van der Waals surface area contributed by atoms with Gasteiger partial charge >= 0.3 is 6.03 Å². The summed E-state index contributed by atoms with van der Waals surface area (Å²) in [6.45, 7) is 3.63. The van der Waals surface area contributed by atoms with Gasteiger partial charge < -0.3 is 20.1 Å². The minimum atomic E-state index is -0.255. The Labute approximate surface area is 155 Å². The van der Waals surface area contributed by atoms with Crippen molar-refractivity contribution in [1.82, 2.24) is 10.3 Å². The molecule has 7 heteroatoms. The van der Waals surface area contributed by atoms with Gasteiger partial charge in [0.15, 0.2) is 11.5 Å². The van der Waals surface area contributed by atoms with E-state index in [-0.39, 0.29) is 11.9 Å². The summed E-state index contributed by atoms with van der Waals surface area (Å²) in [6, 6.07) is 13.2. The number of rotatable bonds is 4. The molecule has 0 fully saturated rings. The van der Waals surface area contributed by atoms with Crippen molar-refractivity contribution in [3.05, 3.63) is 47.5 Å². The van der Waals surface area contributed by atoms with Crippen LogP contribution < -0.4 is 20.1 Å². The van der Waals surface area contributed by atoms with E-state index in [0.29, 0.717) is 36.9 Å². The number of nitrogens with one attached hydrogen (secondary N) is 2. The SMILES string of the molecule is C[C@H](CNC(=O)Nc1ccc2c(c1)OCCO2)c1nc2ccccc2s1. The lowest BCUT2D eigenvalue weighted by atomic mass is 10.2. The molecule has 0 radical (unpaired) electrons. The van der Waals surface area contributed by atoms with Gasteiger partial charge in [-0.2, -0.15) is 0 Å². The number of para-hydroxylation sites is 1. The molecule has 0 bridgehead atoms. The third-order valence-electron chi connectivity index (χ3n) is 4.10. The number of anilines is 1. The summed E-state index contributed by atoms with van der Waals surface area (Å²) in [7, 11) is 0. The molecule has 2 aromatic carbocycles. The van der Waals surface area contributed by atoms with Crippen molar-refractivity contribution in [1.29, 1.82) is 0 Å². The Morgan fingerprint density at radius 2 is 2.00 bits per heavy atom. The van der Waals surface area contributed by atoms with E-state index in [4.69, 9.17) is 9.47 Å². The standard InChI is InChI=1S/C19H19N3O3S/c1-12(18-22-14-4-2-3-5-17(14)26-18)11-20-19(23)21-13-6-7-15-16(10-13)25-9-8-24-15/h2-7,10,12H,8-9,11H2,1H3,(H2,20,21,23)/t12-/m1/s1. The topological polar surface area (TPSA) is 72.5 Å². The van der Waals surface area contributed by atoms with E-state index >= 15 is 0 Å². The van der Waals surface area contributed by atoms with Crippen LogP contribution in [0.3, 0.4) is 0 Å². The third-order valence-corrected chi connectivity index (χ3v) is 5.37. The Bertz CT molecular complexity index is 908. The van der Waals surface area contributed by atoms with Crippen molar-refractivity contribution in [2.24, 2.45) is 0 Å². The van der Waals surface area contributed by atoms with Crippen molar-refractivity contribution in [3.8, 4) is 11.5 Å². The molecule has 26 heavy (non-hydrogen) atoms. The van der Waals surface area contributed by atoms with Gasteiger partial charge in [0.05, 0.1) is 15.2 Å². The van der Waals surface area contributed by atoms with Crippen molar-refractivity contribution in [2.75, 3.05) is 25.1 Å². The van der Waals surface area contributed by atoms with Crippen LogP contribution in [0, 0.1) is 0 Å². The number of hydrogen-bond acceptors (Lipinski definition) is 5. The lowest BCUT2D eigenvalue weighted by Crippen LogP contribution is -2.31. The highest BCUT2D eigenvalue weighted by Crippen LogP contribution is 2.32. The highest BCUT2D eigenvalue weighted by Gasteiger charge is 2.15. The molecule has 0 spiro atoms. The summed E-state index contributed by atoms with van der Waals surface area (Å²) in [5.41, 5.74) is 1.67. The third kappa shape index (κ3) is 3.57. The van der Waals surface area contributed by atoms with E-state index in [1.165, 1.54) is 0 Å². The van der Waals surface area contributed by atoms with E-state index in [1.807, 2.05) is 18.2 Å². The molecule has 3 aromatic rings. The summed E-state index contributed by atoms with van der Waals surface area (Å²) in [6.07, 6.45) is 0. The molecule has 0 saturated carbocycles. The molecule has 4 rings (SSSR count). The van der Waals surface area contributed by atoms with Crippen molar-refractivity contribution in [2.45, 2.75) is 12.8 Å². The number of hydrogen-bond donors (Lipinski definition) is 2. The zero-order valence-electron chi connectivity index (χ0n) is 14.3. The molecule has 1 atom stereocenters. The van der Waals surface area contributed by atoms with E-state index in [0.717, 1.165) is 15.2 Å². The molecule has 2 amide bonds. The van der Waals surface area contributed by atoms with Crippen LogP contribution >= 0.6 is 11.3 Å². The Balaban J connectivity index is 1.34. The molecular weight excluding hydrogens is 350 g/mol. The Kier molecular flexibility index (Phi) is 4.62. The first kappa shape index (κ1) is 16.7. The second-order valence-corrected chi connectivity index (χ2v) is 7.18. The van der Waals surface area contributed by atoms with Gasteiger partial charge in [0, 0.05) is 24.2 Å². The number of fused-ring (bicyclic) bond motifs is 2. The summed E-state index contributed by atoms with van der Waals surface area (Å²) < 4.78 is 12.2. The van der Waals surface area contributed by atoms with Gasteiger partial charge in [-0.1, -0.05) is 19.1 Å². The van der Waals surface area contributed by atoms with Gasteiger partial charge in [-0.15, -0.1) is 11.3 Å². The van der Waals surface area contributed by atoms with Crippen LogP contribution in [0.15, 0.2) is 42.5 Å². The van der Waals surface area contributed by atoms with Gasteiger partial charge in [0.25, 0.3) is 0 Å². The zero-order valence-corrected chi connectivity index (χ0v) is 15.1. The smallest absolute Gasteiger partial charge is 0.319 e. The average molecular weight is 369 g/mol. The number of aromatic nitrogens is 1. The zero-order chi connectivity index (χ0) is 17.9. The fourth-order valence-corrected chi connectivity index (χ4v) is 3.75. The number of urea groups is 1. The molecule has 1 aromatic heterocycles. The molecule has 6 nitrogen and oxygen atoms in total. The van der Waals surface area contributed by atoms with Gasteiger partial charge in [-0.25, -0.2) is 9.78 Å². The fraction of sp³-hybridized carbons (Fsp3) is 0.263. The van der Waals surface area contributed by atoms with E-state index in [9.17, 15) is 4.79 Å².